The van der Waals surface area contributed by atoms with Crippen molar-refractivity contribution in [2.75, 3.05) is 55.4 Å². The molecule has 4 N–H and O–H groups in total. The van der Waals surface area contributed by atoms with Gasteiger partial charge in [-0.25, -0.2) is 29.3 Å². The Balaban J connectivity index is 1.37. The first kappa shape index (κ1) is 27.9. The number of carbonyl (C=O) groups excluding carboxylic acids is 2. The maximum Gasteiger partial charge on any atom is 0.408 e. The number of piperidine rings is 1. The number of alkyl carbamates (subject to hydrolysis) is 1. The Morgan fingerprint density at radius 3 is 2.67 bits per heavy atom. The number of rotatable bonds is 9. The van der Waals surface area contributed by atoms with Crippen LogP contribution in [-0.2, 0) is 25.5 Å². The Morgan fingerprint density at radius 1 is 1.18 bits per heavy atom. The second-order valence-corrected chi connectivity index (χ2v) is 9.67. The van der Waals surface area contributed by atoms with Crippen molar-refractivity contribution in [1.82, 2.24) is 20.3 Å². The van der Waals surface area contributed by atoms with E-state index in [1.807, 2.05) is 6.92 Å². The normalized spacial score (nSPS) is 15.9. The number of carboxylic acids is 1. The summed E-state index contributed by atoms with van der Waals surface area (Å²) in [4.78, 5) is 51.0. The Labute approximate surface area is 226 Å². The highest BCUT2D eigenvalue weighted by molar-refractivity contribution is 5.82. The minimum absolute atomic E-state index is 0.153. The molecule has 0 spiro atoms. The van der Waals surface area contributed by atoms with Crippen LogP contribution in [0.1, 0.15) is 47.8 Å². The first-order valence-electron chi connectivity index (χ1n) is 13.1. The molecule has 13 heteroatoms. The van der Waals surface area contributed by atoms with Crippen LogP contribution in [0.25, 0.3) is 0 Å². The number of nitrogens with zero attached hydrogens (tertiary/aromatic N) is 4. The molecule has 0 bridgehead atoms. The molecule has 2 aromatic heterocycles. The van der Waals surface area contributed by atoms with E-state index in [-0.39, 0.29) is 6.54 Å². The van der Waals surface area contributed by atoms with Crippen LogP contribution in [0.5, 0.6) is 0 Å². The number of nitrogens with one attached hydrogen (secondary N) is 3. The summed E-state index contributed by atoms with van der Waals surface area (Å²) in [5, 5.41) is 18.2. The smallest absolute Gasteiger partial charge is 0.408 e. The van der Waals surface area contributed by atoms with E-state index >= 15 is 0 Å². The van der Waals surface area contributed by atoms with Gasteiger partial charge in [-0.1, -0.05) is 6.07 Å². The van der Waals surface area contributed by atoms with E-state index in [9.17, 15) is 19.5 Å². The van der Waals surface area contributed by atoms with Gasteiger partial charge in [0.2, 0.25) is 0 Å². The molecule has 210 valence electrons. The molecular weight excluding hydrogens is 506 g/mol. The van der Waals surface area contributed by atoms with E-state index in [2.05, 4.69) is 52.4 Å². The lowest BCUT2D eigenvalue weighted by Crippen LogP contribution is -2.46. The van der Waals surface area contributed by atoms with Gasteiger partial charge in [0.05, 0.1) is 7.11 Å². The van der Waals surface area contributed by atoms with Gasteiger partial charge in [-0.15, -0.1) is 0 Å². The van der Waals surface area contributed by atoms with Gasteiger partial charge in [-0.3, -0.25) is 0 Å². The van der Waals surface area contributed by atoms with Gasteiger partial charge in [0.1, 0.15) is 29.3 Å². The quantitative estimate of drug-likeness (QED) is 0.341. The van der Waals surface area contributed by atoms with Crippen LogP contribution in [-0.4, -0.2) is 84.0 Å². The molecule has 0 aromatic carbocycles. The average molecular weight is 542 g/mol. The van der Waals surface area contributed by atoms with Crippen molar-refractivity contribution in [3.05, 3.63) is 34.8 Å². The molecule has 0 saturated carbocycles. The molecule has 2 aromatic rings. The fraction of sp³-hybridized carbons (Fsp3) is 0.538. The number of pyridine rings is 1. The number of ether oxygens (including phenoxy) is 2. The number of carboxylic acid groups (broad SMARTS) is 1. The van der Waals surface area contributed by atoms with Crippen molar-refractivity contribution in [3.8, 4) is 0 Å². The zero-order chi connectivity index (χ0) is 27.9. The molecule has 1 saturated heterocycles. The second kappa shape index (κ2) is 12.6. The van der Waals surface area contributed by atoms with Gasteiger partial charge < -0.3 is 35.4 Å². The molecule has 1 atom stereocenters. The van der Waals surface area contributed by atoms with Crippen LogP contribution in [0.2, 0.25) is 0 Å². The molecule has 4 heterocycles. The SMILES string of the molecule is COC(=O)COC(=O)N[C@@H](CNc1nc(C)nc(N2CCC(c3ccc4c(n3)NCCC4)CC2)c1C)C(=O)O. The molecular formula is C26H35N7O6. The number of anilines is 3. The second-order valence-electron chi connectivity index (χ2n) is 9.67. The monoisotopic (exact) mass is 541 g/mol. The fourth-order valence-corrected chi connectivity index (χ4v) is 4.82. The lowest BCUT2D eigenvalue weighted by atomic mass is 9.92. The fourth-order valence-electron chi connectivity index (χ4n) is 4.82. The maximum absolute atomic E-state index is 11.9. The number of hydrogen-bond donors (Lipinski definition) is 4. The number of amides is 1. The van der Waals surface area contributed by atoms with Crippen LogP contribution < -0.4 is 20.9 Å². The summed E-state index contributed by atoms with van der Waals surface area (Å²) in [6.45, 7) is 5.46. The van der Waals surface area contributed by atoms with Crippen molar-refractivity contribution in [2.45, 2.75) is 51.5 Å². The summed E-state index contributed by atoms with van der Waals surface area (Å²) >= 11 is 0. The lowest BCUT2D eigenvalue weighted by Gasteiger charge is -2.34. The number of esters is 1. The number of aliphatic carboxylic acids is 1. The molecule has 1 amide bonds. The summed E-state index contributed by atoms with van der Waals surface area (Å²) in [5.41, 5.74) is 3.19. The summed E-state index contributed by atoms with van der Waals surface area (Å²) in [6.07, 6.45) is 3.04. The number of aryl methyl sites for hydroxylation is 2. The van der Waals surface area contributed by atoms with Crippen LogP contribution in [0.15, 0.2) is 12.1 Å². The molecule has 0 aliphatic carbocycles. The van der Waals surface area contributed by atoms with Crippen molar-refractivity contribution < 1.29 is 29.0 Å². The molecule has 2 aliphatic rings. The van der Waals surface area contributed by atoms with E-state index < -0.39 is 30.7 Å². The minimum Gasteiger partial charge on any atom is -0.480 e. The van der Waals surface area contributed by atoms with Crippen LogP contribution in [0, 0.1) is 13.8 Å². The number of hydrogen-bond acceptors (Lipinski definition) is 11. The predicted molar refractivity (Wildman–Crippen MR) is 143 cm³/mol. The third-order valence-electron chi connectivity index (χ3n) is 6.97. The summed E-state index contributed by atoms with van der Waals surface area (Å²) in [7, 11) is 1.15. The molecule has 4 rings (SSSR count). The van der Waals surface area contributed by atoms with Gasteiger partial charge in [-0.2, -0.15) is 0 Å². The molecule has 39 heavy (non-hydrogen) atoms. The molecule has 2 aliphatic heterocycles. The summed E-state index contributed by atoms with van der Waals surface area (Å²) < 4.78 is 9.08. The van der Waals surface area contributed by atoms with Gasteiger partial charge in [0, 0.05) is 43.4 Å². The largest absolute Gasteiger partial charge is 0.480 e. The average Bonchev–Trinajstić information content (AvgIpc) is 2.95. The van der Waals surface area contributed by atoms with Crippen molar-refractivity contribution >= 4 is 35.5 Å². The first-order chi connectivity index (χ1) is 18.7. The Hall–Kier alpha value is -4.16. The third kappa shape index (κ3) is 7.03. The van der Waals surface area contributed by atoms with Crippen LogP contribution >= 0.6 is 0 Å². The standard InChI is InChI=1S/C26H35N7O6/c1-15-22(28-13-20(25(35)36)32-26(37)39-14-21(34)38-3)29-16(2)30-24(15)33-11-8-17(9-12-33)19-7-6-18-5-4-10-27-23(18)31-19/h6-7,17,20H,4-5,8-14H2,1-3H3,(H,27,31)(H,32,37)(H,35,36)(H,28,29,30)/t20-/m0/s1. The third-order valence-corrected chi connectivity index (χ3v) is 6.97. The summed E-state index contributed by atoms with van der Waals surface area (Å²) in [5.74, 6) is 1.19. The number of methoxy groups -OCH3 is 1. The van der Waals surface area contributed by atoms with E-state index in [0.717, 1.165) is 75.3 Å². The van der Waals surface area contributed by atoms with E-state index in [1.165, 1.54) is 5.56 Å². The molecule has 13 nitrogen and oxygen atoms in total. The topological polar surface area (TPSA) is 168 Å². The number of carbonyl (C=O) groups is 3. The zero-order valence-corrected chi connectivity index (χ0v) is 22.5. The predicted octanol–water partition coefficient (Wildman–Crippen LogP) is 1.99. The van der Waals surface area contributed by atoms with Gasteiger partial charge >= 0.3 is 18.0 Å². The van der Waals surface area contributed by atoms with E-state index in [0.29, 0.717) is 17.6 Å². The number of aromatic nitrogens is 3. The highest BCUT2D eigenvalue weighted by Gasteiger charge is 2.27. The lowest BCUT2D eigenvalue weighted by molar-refractivity contribution is -0.143. The van der Waals surface area contributed by atoms with Crippen molar-refractivity contribution in [2.24, 2.45) is 0 Å². The van der Waals surface area contributed by atoms with Gasteiger partial charge in [0.25, 0.3) is 0 Å². The molecule has 1 fully saturated rings. The van der Waals surface area contributed by atoms with E-state index in [1.54, 1.807) is 6.92 Å². The molecule has 0 unspecified atom stereocenters. The maximum atomic E-state index is 11.9. The Kier molecular flexibility index (Phi) is 8.99. The highest BCUT2D eigenvalue weighted by Crippen LogP contribution is 2.33. The van der Waals surface area contributed by atoms with Crippen molar-refractivity contribution in [3.63, 3.8) is 0 Å². The molecule has 0 radical (unpaired) electrons. The summed E-state index contributed by atoms with van der Waals surface area (Å²) in [6, 6.07) is 3.04. The van der Waals surface area contributed by atoms with E-state index in [4.69, 9.17) is 4.98 Å². The Bertz CT molecular complexity index is 1220. The van der Waals surface area contributed by atoms with Crippen molar-refractivity contribution in [1.29, 1.82) is 0 Å². The first-order valence-corrected chi connectivity index (χ1v) is 13.1. The number of fused-ring (bicyclic) bond motifs is 1. The highest BCUT2D eigenvalue weighted by atomic mass is 16.6. The van der Waals surface area contributed by atoms with Crippen LogP contribution in [0.3, 0.4) is 0 Å². The van der Waals surface area contributed by atoms with Gasteiger partial charge in [0.15, 0.2) is 6.61 Å². The Morgan fingerprint density at radius 2 is 1.95 bits per heavy atom. The zero-order valence-electron chi connectivity index (χ0n) is 22.5. The van der Waals surface area contributed by atoms with Crippen LogP contribution in [0.4, 0.5) is 22.2 Å². The van der Waals surface area contributed by atoms with Gasteiger partial charge in [-0.05, 0) is 51.2 Å². The minimum atomic E-state index is -1.32.